The first-order chi connectivity index (χ1) is 12.5. The van der Waals surface area contributed by atoms with E-state index in [4.69, 9.17) is 16.3 Å². The monoisotopic (exact) mass is 388 g/mol. The molecule has 0 aliphatic carbocycles. The lowest BCUT2D eigenvalue weighted by molar-refractivity contribution is -0.115. The van der Waals surface area contributed by atoms with Crippen LogP contribution >= 0.6 is 23.4 Å². The third-order valence-electron chi connectivity index (χ3n) is 3.48. The molecule has 0 radical (unpaired) electrons. The number of carbonyl (C=O) groups is 2. The fourth-order valence-electron chi connectivity index (χ4n) is 2.22. The highest BCUT2D eigenvalue weighted by Crippen LogP contribution is 2.30. The molecule has 0 atom stereocenters. The Balaban J connectivity index is 1.86. The number of hydrogen-bond acceptors (Lipinski definition) is 5. The minimum atomic E-state index is -1.14. The van der Waals surface area contributed by atoms with Gasteiger partial charge in [0, 0.05) is 5.02 Å². The van der Waals surface area contributed by atoms with Crippen LogP contribution in [0.25, 0.3) is 6.08 Å². The van der Waals surface area contributed by atoms with Crippen molar-refractivity contribution in [2.75, 3.05) is 7.11 Å². The second kappa shape index (κ2) is 7.63. The number of nitrogens with zero attached hydrogens (tertiary/aromatic N) is 1. The third kappa shape index (κ3) is 4.07. The summed E-state index contributed by atoms with van der Waals surface area (Å²) in [7, 11) is 1.58. The van der Waals surface area contributed by atoms with E-state index in [1.54, 1.807) is 31.4 Å². The first kappa shape index (κ1) is 18.0. The van der Waals surface area contributed by atoms with Crippen LogP contribution in [-0.2, 0) is 4.79 Å². The fourth-order valence-corrected chi connectivity index (χ4v) is 3.23. The number of carbonyl (C=O) groups excluding carboxylic acids is 1. The standard InChI is InChI=1S/C18H13ClN2O4S/c1-25-12-5-2-10(3-6-12)8-15-16(22)21-18(26-15)20-14-7-4-11(19)9-13(14)17(23)24/h2-9H,1H3,(H,23,24)(H,20,21,22)/b15-8-. The second-order valence-electron chi connectivity index (χ2n) is 5.22. The molecule has 1 amide bonds. The normalized spacial score (nSPS) is 16.8. The van der Waals surface area contributed by atoms with Crippen molar-refractivity contribution in [3.63, 3.8) is 0 Å². The Hall–Kier alpha value is -2.77. The zero-order valence-electron chi connectivity index (χ0n) is 13.5. The molecule has 0 unspecified atom stereocenters. The van der Waals surface area contributed by atoms with Gasteiger partial charge < -0.3 is 15.2 Å². The van der Waals surface area contributed by atoms with Crippen LogP contribution in [0.5, 0.6) is 5.75 Å². The van der Waals surface area contributed by atoms with Gasteiger partial charge in [0.25, 0.3) is 5.91 Å². The van der Waals surface area contributed by atoms with Gasteiger partial charge in [-0.05, 0) is 53.7 Å². The lowest BCUT2D eigenvalue weighted by Crippen LogP contribution is -2.19. The summed E-state index contributed by atoms with van der Waals surface area (Å²) in [4.78, 5) is 28.2. The molecule has 0 aromatic heterocycles. The summed E-state index contributed by atoms with van der Waals surface area (Å²) in [6.07, 6.45) is 1.72. The van der Waals surface area contributed by atoms with E-state index in [0.717, 1.165) is 23.1 Å². The van der Waals surface area contributed by atoms with Crippen molar-refractivity contribution in [3.05, 3.63) is 63.5 Å². The Labute approximate surface area is 158 Å². The van der Waals surface area contributed by atoms with Crippen LogP contribution < -0.4 is 10.1 Å². The van der Waals surface area contributed by atoms with Gasteiger partial charge in [0.1, 0.15) is 5.75 Å². The van der Waals surface area contributed by atoms with Crippen molar-refractivity contribution in [3.8, 4) is 5.75 Å². The maximum atomic E-state index is 12.1. The molecule has 1 heterocycles. The first-order valence-electron chi connectivity index (χ1n) is 7.43. The molecule has 0 spiro atoms. The molecule has 132 valence electrons. The maximum Gasteiger partial charge on any atom is 0.337 e. The Morgan fingerprint density at radius 1 is 1.27 bits per heavy atom. The number of thioether (sulfide) groups is 1. The number of nitrogens with one attached hydrogen (secondary N) is 1. The number of amides is 1. The minimum Gasteiger partial charge on any atom is -0.497 e. The number of halogens is 1. The molecule has 6 nitrogen and oxygen atoms in total. The molecule has 1 fully saturated rings. The number of rotatable bonds is 4. The van der Waals surface area contributed by atoms with E-state index in [1.165, 1.54) is 12.1 Å². The SMILES string of the molecule is COc1ccc(/C=C2\SC(=Nc3ccc(Cl)cc3C(=O)O)NC2=O)cc1. The highest BCUT2D eigenvalue weighted by Gasteiger charge is 2.24. The number of benzene rings is 2. The molecule has 0 bridgehead atoms. The van der Waals surface area contributed by atoms with E-state index >= 15 is 0 Å². The van der Waals surface area contributed by atoms with Gasteiger partial charge in [0.2, 0.25) is 0 Å². The van der Waals surface area contributed by atoms with Crippen LogP contribution in [0.3, 0.4) is 0 Å². The van der Waals surface area contributed by atoms with Gasteiger partial charge in [0.05, 0.1) is 23.3 Å². The van der Waals surface area contributed by atoms with E-state index in [9.17, 15) is 14.7 Å². The highest BCUT2D eigenvalue weighted by molar-refractivity contribution is 8.18. The van der Waals surface area contributed by atoms with Gasteiger partial charge in [-0.25, -0.2) is 9.79 Å². The molecule has 0 saturated carbocycles. The minimum absolute atomic E-state index is 0.0348. The van der Waals surface area contributed by atoms with E-state index < -0.39 is 5.97 Å². The molecule has 2 aromatic rings. The molecule has 26 heavy (non-hydrogen) atoms. The van der Waals surface area contributed by atoms with E-state index in [1.807, 2.05) is 12.1 Å². The van der Waals surface area contributed by atoms with Crippen molar-refractivity contribution in [1.29, 1.82) is 0 Å². The molecule has 1 aliphatic rings. The van der Waals surface area contributed by atoms with Crippen LogP contribution in [0.15, 0.2) is 52.4 Å². The Kier molecular flexibility index (Phi) is 5.29. The first-order valence-corrected chi connectivity index (χ1v) is 8.62. The quantitative estimate of drug-likeness (QED) is 0.774. The van der Waals surface area contributed by atoms with E-state index in [2.05, 4.69) is 10.3 Å². The number of ether oxygens (including phenoxy) is 1. The number of amidine groups is 1. The van der Waals surface area contributed by atoms with Crippen LogP contribution in [-0.4, -0.2) is 29.3 Å². The number of carboxylic acid groups (broad SMARTS) is 1. The number of carboxylic acids is 1. The van der Waals surface area contributed by atoms with Crippen molar-refractivity contribution < 1.29 is 19.4 Å². The lowest BCUT2D eigenvalue weighted by atomic mass is 10.2. The zero-order chi connectivity index (χ0) is 18.7. The van der Waals surface area contributed by atoms with Gasteiger partial charge >= 0.3 is 5.97 Å². The molecule has 2 aromatic carbocycles. The van der Waals surface area contributed by atoms with E-state index in [0.29, 0.717) is 15.1 Å². The number of hydrogen-bond donors (Lipinski definition) is 2. The molecule has 1 aliphatic heterocycles. The summed E-state index contributed by atoms with van der Waals surface area (Å²) in [6, 6.07) is 11.6. The Morgan fingerprint density at radius 3 is 2.65 bits per heavy atom. The lowest BCUT2D eigenvalue weighted by Gasteiger charge is -2.02. The Morgan fingerprint density at radius 2 is 2.00 bits per heavy atom. The molecular weight excluding hydrogens is 376 g/mol. The average molecular weight is 389 g/mol. The number of methoxy groups -OCH3 is 1. The summed E-state index contributed by atoms with van der Waals surface area (Å²) in [5.74, 6) is -0.715. The second-order valence-corrected chi connectivity index (χ2v) is 6.69. The largest absolute Gasteiger partial charge is 0.497 e. The fraction of sp³-hybridized carbons (Fsp3) is 0.0556. The van der Waals surface area contributed by atoms with Crippen LogP contribution in [0.4, 0.5) is 5.69 Å². The van der Waals surface area contributed by atoms with E-state index in [-0.39, 0.29) is 17.2 Å². The van der Waals surface area contributed by atoms with Crippen molar-refractivity contribution >= 4 is 52.2 Å². The summed E-state index contributed by atoms with van der Waals surface area (Å²) in [5.41, 5.74) is 1.02. The van der Waals surface area contributed by atoms with Crippen molar-refractivity contribution in [2.45, 2.75) is 0 Å². The number of aliphatic imine (C=N–C) groups is 1. The maximum absolute atomic E-state index is 12.1. The molecule has 1 saturated heterocycles. The van der Waals surface area contributed by atoms with Gasteiger partial charge in [-0.15, -0.1) is 0 Å². The summed E-state index contributed by atoms with van der Waals surface area (Å²) >= 11 is 6.97. The van der Waals surface area contributed by atoms with Gasteiger partial charge in [-0.2, -0.15) is 0 Å². The Bertz CT molecular complexity index is 939. The summed E-state index contributed by atoms with van der Waals surface area (Å²) in [6.45, 7) is 0. The topological polar surface area (TPSA) is 88.0 Å². The average Bonchev–Trinajstić information content (AvgIpc) is 2.96. The van der Waals surface area contributed by atoms with Crippen molar-refractivity contribution in [2.24, 2.45) is 4.99 Å². The third-order valence-corrected chi connectivity index (χ3v) is 4.62. The zero-order valence-corrected chi connectivity index (χ0v) is 15.1. The molecule has 2 N–H and O–H groups in total. The van der Waals surface area contributed by atoms with Gasteiger partial charge in [0.15, 0.2) is 5.17 Å². The highest BCUT2D eigenvalue weighted by atomic mass is 35.5. The van der Waals surface area contributed by atoms with Crippen molar-refractivity contribution in [1.82, 2.24) is 5.32 Å². The van der Waals surface area contributed by atoms with Crippen LogP contribution in [0, 0.1) is 0 Å². The predicted molar refractivity (Wildman–Crippen MR) is 102 cm³/mol. The molecule has 3 rings (SSSR count). The molecule has 8 heteroatoms. The predicted octanol–water partition coefficient (Wildman–Crippen LogP) is 3.94. The molecular formula is C18H13ClN2O4S. The van der Waals surface area contributed by atoms with Crippen LogP contribution in [0.1, 0.15) is 15.9 Å². The summed E-state index contributed by atoms with van der Waals surface area (Å²) < 4.78 is 5.10. The van der Waals surface area contributed by atoms with Gasteiger partial charge in [-0.3, -0.25) is 4.79 Å². The smallest absolute Gasteiger partial charge is 0.337 e. The number of aromatic carboxylic acids is 1. The van der Waals surface area contributed by atoms with Gasteiger partial charge in [-0.1, -0.05) is 23.7 Å². The van der Waals surface area contributed by atoms with Crippen LogP contribution in [0.2, 0.25) is 5.02 Å². The summed E-state index contributed by atoms with van der Waals surface area (Å²) in [5, 5.41) is 12.5.